The van der Waals surface area contributed by atoms with E-state index in [1.807, 2.05) is 64.1 Å². The summed E-state index contributed by atoms with van der Waals surface area (Å²) in [5.41, 5.74) is 3.36. The van der Waals surface area contributed by atoms with E-state index in [2.05, 4.69) is 0 Å². The second kappa shape index (κ2) is 8.79. The molecule has 2 aliphatic rings. The third kappa shape index (κ3) is 4.02. The molecule has 1 fully saturated rings. The van der Waals surface area contributed by atoms with Gasteiger partial charge in [0.2, 0.25) is 0 Å². The molecule has 0 saturated carbocycles. The van der Waals surface area contributed by atoms with E-state index in [0.717, 1.165) is 28.9 Å². The average molecular weight is 436 g/mol. The quantitative estimate of drug-likeness (QED) is 0.419. The molecule has 2 atom stereocenters. The molecule has 0 radical (unpaired) electrons. The summed E-state index contributed by atoms with van der Waals surface area (Å²) in [6, 6.07) is 12.3. The van der Waals surface area contributed by atoms with Crippen molar-refractivity contribution in [2.45, 2.75) is 52.4 Å². The van der Waals surface area contributed by atoms with Crippen molar-refractivity contribution < 1.29 is 24.2 Å². The molecule has 0 bridgehead atoms. The van der Waals surface area contributed by atoms with Crippen LogP contribution in [0.3, 0.4) is 0 Å². The van der Waals surface area contributed by atoms with Crippen LogP contribution < -0.4 is 4.74 Å². The van der Waals surface area contributed by atoms with Gasteiger partial charge in [0.15, 0.2) is 0 Å². The van der Waals surface area contributed by atoms with Crippen molar-refractivity contribution in [1.29, 1.82) is 0 Å². The van der Waals surface area contributed by atoms with Gasteiger partial charge in [0.1, 0.15) is 17.6 Å². The summed E-state index contributed by atoms with van der Waals surface area (Å²) in [5.74, 6) is -0.669. The number of ketones is 1. The third-order valence-corrected chi connectivity index (χ3v) is 5.98. The molecule has 6 heteroatoms. The highest BCUT2D eigenvalue weighted by Crippen LogP contribution is 2.41. The molecule has 168 valence electrons. The van der Waals surface area contributed by atoms with Crippen LogP contribution in [0.25, 0.3) is 5.76 Å². The number of aliphatic hydroxyl groups is 1. The maximum absolute atomic E-state index is 13.1. The predicted octanol–water partition coefficient (Wildman–Crippen LogP) is 4.17. The van der Waals surface area contributed by atoms with Gasteiger partial charge in [0, 0.05) is 18.5 Å². The average Bonchev–Trinajstić information content (AvgIpc) is 3.24. The van der Waals surface area contributed by atoms with E-state index in [1.54, 1.807) is 6.07 Å². The normalized spacial score (nSPS) is 21.8. The predicted molar refractivity (Wildman–Crippen MR) is 122 cm³/mol. The number of Topliss-reactive ketones (excluding diaryl/α,β-unsaturated/α-hetero) is 1. The fraction of sp³-hybridized carbons (Fsp3) is 0.385. The van der Waals surface area contributed by atoms with Gasteiger partial charge in [-0.15, -0.1) is 0 Å². The molecule has 0 aromatic heterocycles. The lowest BCUT2D eigenvalue weighted by molar-refractivity contribution is -0.140. The number of carbonyl (C=O) groups is 2. The van der Waals surface area contributed by atoms with Gasteiger partial charge in [0.05, 0.1) is 24.3 Å². The SMILES string of the molecule is Cc1ccccc1C1/C(=C(\O)c2ccc3c(c2)CC(C)O3)C(=O)C(=O)N1CCOC(C)C. The molecular formula is C26H29NO5. The highest BCUT2D eigenvalue weighted by atomic mass is 16.5. The van der Waals surface area contributed by atoms with Crippen molar-refractivity contribution in [2.75, 3.05) is 13.2 Å². The Morgan fingerprint density at radius 3 is 2.69 bits per heavy atom. The Hall–Kier alpha value is -3.12. The van der Waals surface area contributed by atoms with Gasteiger partial charge in [-0.2, -0.15) is 0 Å². The molecule has 2 unspecified atom stereocenters. The van der Waals surface area contributed by atoms with Crippen LogP contribution >= 0.6 is 0 Å². The van der Waals surface area contributed by atoms with Crippen molar-refractivity contribution in [1.82, 2.24) is 4.90 Å². The number of benzene rings is 2. The monoisotopic (exact) mass is 435 g/mol. The Morgan fingerprint density at radius 1 is 1.22 bits per heavy atom. The molecule has 32 heavy (non-hydrogen) atoms. The van der Waals surface area contributed by atoms with Crippen LogP contribution in [0.1, 0.15) is 49.1 Å². The number of hydrogen-bond acceptors (Lipinski definition) is 5. The molecule has 1 amide bonds. The number of carbonyl (C=O) groups excluding carboxylic acids is 2. The van der Waals surface area contributed by atoms with Crippen molar-refractivity contribution in [3.05, 3.63) is 70.3 Å². The topological polar surface area (TPSA) is 76.1 Å². The number of aliphatic hydroxyl groups excluding tert-OH is 1. The fourth-order valence-corrected chi connectivity index (χ4v) is 4.44. The molecule has 0 aliphatic carbocycles. The van der Waals surface area contributed by atoms with Gasteiger partial charge in [-0.25, -0.2) is 0 Å². The zero-order chi connectivity index (χ0) is 23.0. The van der Waals surface area contributed by atoms with E-state index in [-0.39, 0.29) is 30.1 Å². The molecule has 1 saturated heterocycles. The maximum Gasteiger partial charge on any atom is 0.295 e. The van der Waals surface area contributed by atoms with Gasteiger partial charge in [-0.3, -0.25) is 9.59 Å². The fourth-order valence-electron chi connectivity index (χ4n) is 4.44. The summed E-state index contributed by atoms with van der Waals surface area (Å²) in [6.07, 6.45) is 0.819. The van der Waals surface area contributed by atoms with Crippen LogP contribution in [0.15, 0.2) is 48.0 Å². The van der Waals surface area contributed by atoms with Crippen molar-refractivity contribution in [3.8, 4) is 5.75 Å². The van der Waals surface area contributed by atoms with Crippen LogP contribution in [0.5, 0.6) is 5.75 Å². The molecule has 0 spiro atoms. The Labute approximate surface area is 188 Å². The zero-order valence-corrected chi connectivity index (χ0v) is 18.9. The number of amides is 1. The Kier molecular flexibility index (Phi) is 6.07. The third-order valence-electron chi connectivity index (χ3n) is 5.98. The second-order valence-electron chi connectivity index (χ2n) is 8.72. The Morgan fingerprint density at radius 2 is 1.97 bits per heavy atom. The summed E-state index contributed by atoms with van der Waals surface area (Å²) >= 11 is 0. The van der Waals surface area contributed by atoms with Gasteiger partial charge in [0.25, 0.3) is 11.7 Å². The summed E-state index contributed by atoms with van der Waals surface area (Å²) in [6.45, 7) is 8.34. The minimum Gasteiger partial charge on any atom is -0.507 e. The number of nitrogens with zero attached hydrogens (tertiary/aromatic N) is 1. The van der Waals surface area contributed by atoms with Gasteiger partial charge in [-0.1, -0.05) is 24.3 Å². The Balaban J connectivity index is 1.80. The van der Waals surface area contributed by atoms with Crippen molar-refractivity contribution in [2.24, 2.45) is 0 Å². The minimum atomic E-state index is -0.676. The maximum atomic E-state index is 13.1. The molecule has 6 nitrogen and oxygen atoms in total. The lowest BCUT2D eigenvalue weighted by atomic mass is 9.92. The van der Waals surface area contributed by atoms with Crippen LogP contribution in [-0.2, 0) is 20.7 Å². The van der Waals surface area contributed by atoms with Crippen LogP contribution in [0.4, 0.5) is 0 Å². The number of hydrogen-bond donors (Lipinski definition) is 1. The first-order valence-corrected chi connectivity index (χ1v) is 11.0. The van der Waals surface area contributed by atoms with E-state index in [9.17, 15) is 14.7 Å². The standard InChI is InChI=1S/C26H29NO5/c1-15(2)31-12-11-27-23(20-8-6-5-7-16(20)3)22(25(29)26(27)30)24(28)18-9-10-21-19(14-18)13-17(4)32-21/h5-10,14-15,17,23,28H,11-13H2,1-4H3/b24-22+. The molecule has 2 aromatic rings. The highest BCUT2D eigenvalue weighted by molar-refractivity contribution is 6.46. The lowest BCUT2D eigenvalue weighted by Crippen LogP contribution is -2.33. The number of likely N-dealkylation sites (tertiary alicyclic amines) is 1. The summed E-state index contributed by atoms with van der Waals surface area (Å²) in [4.78, 5) is 27.7. The zero-order valence-electron chi connectivity index (χ0n) is 18.9. The number of rotatable bonds is 6. The largest absolute Gasteiger partial charge is 0.507 e. The van der Waals surface area contributed by atoms with Gasteiger partial charge >= 0.3 is 0 Å². The molecule has 4 rings (SSSR count). The van der Waals surface area contributed by atoms with E-state index < -0.39 is 17.7 Å². The number of aryl methyl sites for hydroxylation is 1. The summed E-state index contributed by atoms with van der Waals surface area (Å²) in [7, 11) is 0. The van der Waals surface area contributed by atoms with E-state index >= 15 is 0 Å². The first-order chi connectivity index (χ1) is 15.3. The van der Waals surface area contributed by atoms with Gasteiger partial charge in [-0.05, 0) is 62.6 Å². The lowest BCUT2D eigenvalue weighted by Gasteiger charge is -2.26. The van der Waals surface area contributed by atoms with E-state index in [1.165, 1.54) is 4.90 Å². The van der Waals surface area contributed by atoms with Crippen molar-refractivity contribution in [3.63, 3.8) is 0 Å². The smallest absolute Gasteiger partial charge is 0.295 e. The van der Waals surface area contributed by atoms with Crippen LogP contribution in [0.2, 0.25) is 0 Å². The first kappa shape index (κ1) is 22.1. The van der Waals surface area contributed by atoms with E-state index in [0.29, 0.717) is 12.2 Å². The molecule has 2 heterocycles. The van der Waals surface area contributed by atoms with Gasteiger partial charge < -0.3 is 19.5 Å². The molecule has 2 aromatic carbocycles. The number of ether oxygens (including phenoxy) is 2. The van der Waals surface area contributed by atoms with Crippen LogP contribution in [0, 0.1) is 6.92 Å². The van der Waals surface area contributed by atoms with Crippen molar-refractivity contribution >= 4 is 17.4 Å². The minimum absolute atomic E-state index is 0.0137. The summed E-state index contributed by atoms with van der Waals surface area (Å²) < 4.78 is 11.4. The molecule has 1 N–H and O–H groups in total. The van der Waals surface area contributed by atoms with Crippen LogP contribution in [-0.4, -0.2) is 47.1 Å². The van der Waals surface area contributed by atoms with E-state index in [4.69, 9.17) is 9.47 Å². The number of fused-ring (bicyclic) bond motifs is 1. The molecule has 2 aliphatic heterocycles. The Bertz CT molecular complexity index is 1090. The first-order valence-electron chi connectivity index (χ1n) is 11.0. The molecular weight excluding hydrogens is 406 g/mol. The second-order valence-corrected chi connectivity index (χ2v) is 8.72. The highest BCUT2D eigenvalue weighted by Gasteiger charge is 2.46. The summed E-state index contributed by atoms with van der Waals surface area (Å²) in [5, 5.41) is 11.3.